The van der Waals surface area contributed by atoms with Crippen LogP contribution in [0, 0.1) is 29.6 Å². The van der Waals surface area contributed by atoms with Crippen molar-refractivity contribution in [2.45, 2.75) is 6.92 Å². The summed E-state index contributed by atoms with van der Waals surface area (Å²) in [6, 6.07) is 9.79. The van der Waals surface area contributed by atoms with Crippen LogP contribution in [0.4, 0.5) is 11.4 Å². The first kappa shape index (κ1) is 13.9. The molecular formula is C15H16N4O. The van der Waals surface area contributed by atoms with Crippen LogP contribution in [0.25, 0.3) is 0 Å². The summed E-state index contributed by atoms with van der Waals surface area (Å²) in [5, 5.41) is 20.6. The Kier molecular flexibility index (Phi) is 4.60. The maximum atomic E-state index is 8.77. The molecule has 1 saturated heterocycles. The highest BCUT2D eigenvalue weighted by molar-refractivity contribution is 5.72. The second kappa shape index (κ2) is 6.60. The van der Waals surface area contributed by atoms with Gasteiger partial charge in [0.2, 0.25) is 0 Å². The normalized spacial score (nSPS) is 14.1. The summed E-state index contributed by atoms with van der Waals surface area (Å²) in [7, 11) is 0. The molecule has 0 bridgehead atoms. The summed E-state index contributed by atoms with van der Waals surface area (Å²) >= 11 is 0. The Bertz CT molecular complexity index is 573. The number of morpholine rings is 1. The summed E-state index contributed by atoms with van der Waals surface area (Å²) < 4.78 is 5.36. The van der Waals surface area contributed by atoms with Gasteiger partial charge in [0.25, 0.3) is 0 Å². The van der Waals surface area contributed by atoms with Gasteiger partial charge in [0, 0.05) is 19.3 Å². The second-order valence-corrected chi connectivity index (χ2v) is 4.55. The first-order valence-electron chi connectivity index (χ1n) is 6.45. The number of hydrogen-bond donors (Lipinski definition) is 1. The standard InChI is InChI=1S/C15H16N4O/c1-12-2-3-15(19-4-6-20-7-5-19)14(8-12)18-11-13(9-16)10-17/h2-3,8,11,18H,4-7H2,1H3. The fourth-order valence-corrected chi connectivity index (χ4v) is 2.08. The lowest BCUT2D eigenvalue weighted by molar-refractivity contribution is 0.123. The van der Waals surface area contributed by atoms with E-state index in [2.05, 4.69) is 22.3 Å². The number of rotatable bonds is 3. The number of allylic oxidation sites excluding steroid dienone is 1. The molecule has 1 fully saturated rings. The molecule has 0 aromatic heterocycles. The van der Waals surface area contributed by atoms with Crippen molar-refractivity contribution in [1.82, 2.24) is 0 Å². The summed E-state index contributed by atoms with van der Waals surface area (Å²) in [5.41, 5.74) is 3.13. The smallest absolute Gasteiger partial charge is 0.145 e. The van der Waals surface area contributed by atoms with E-state index in [-0.39, 0.29) is 5.57 Å². The first-order valence-corrected chi connectivity index (χ1v) is 6.45. The molecule has 0 radical (unpaired) electrons. The van der Waals surface area contributed by atoms with E-state index < -0.39 is 0 Å². The molecule has 0 amide bonds. The van der Waals surface area contributed by atoms with E-state index in [1.54, 1.807) is 0 Å². The van der Waals surface area contributed by atoms with Gasteiger partial charge in [0.05, 0.1) is 24.6 Å². The minimum Gasteiger partial charge on any atom is -0.378 e. The Morgan fingerprint density at radius 1 is 1.30 bits per heavy atom. The van der Waals surface area contributed by atoms with Gasteiger partial charge in [-0.15, -0.1) is 0 Å². The zero-order valence-electron chi connectivity index (χ0n) is 11.4. The van der Waals surface area contributed by atoms with Crippen molar-refractivity contribution in [2.24, 2.45) is 0 Å². The molecule has 1 aliphatic heterocycles. The summed E-state index contributed by atoms with van der Waals surface area (Å²) in [6.07, 6.45) is 1.44. The number of hydrogen-bond acceptors (Lipinski definition) is 5. The van der Waals surface area contributed by atoms with E-state index in [0.717, 1.165) is 30.0 Å². The second-order valence-electron chi connectivity index (χ2n) is 4.55. The molecule has 0 unspecified atom stereocenters. The SMILES string of the molecule is Cc1ccc(N2CCOCC2)c(NC=C(C#N)C#N)c1. The van der Waals surface area contributed by atoms with Gasteiger partial charge >= 0.3 is 0 Å². The average molecular weight is 268 g/mol. The third-order valence-electron chi connectivity index (χ3n) is 3.12. The molecule has 5 heteroatoms. The van der Waals surface area contributed by atoms with Gasteiger partial charge in [0.15, 0.2) is 0 Å². The Balaban J connectivity index is 2.26. The largest absolute Gasteiger partial charge is 0.378 e. The maximum absolute atomic E-state index is 8.77. The lowest BCUT2D eigenvalue weighted by Gasteiger charge is -2.30. The number of nitriles is 2. The quantitative estimate of drug-likeness (QED) is 0.851. The maximum Gasteiger partial charge on any atom is 0.145 e. The van der Waals surface area contributed by atoms with E-state index in [9.17, 15) is 0 Å². The van der Waals surface area contributed by atoms with Crippen LogP contribution in [0.1, 0.15) is 5.56 Å². The number of nitrogens with one attached hydrogen (secondary N) is 1. The highest BCUT2D eigenvalue weighted by Gasteiger charge is 2.14. The summed E-state index contributed by atoms with van der Waals surface area (Å²) in [4.78, 5) is 2.23. The predicted molar refractivity (Wildman–Crippen MR) is 77.1 cm³/mol. The zero-order valence-corrected chi connectivity index (χ0v) is 11.4. The van der Waals surface area contributed by atoms with Crippen LogP contribution >= 0.6 is 0 Å². The minimum atomic E-state index is 0.0550. The van der Waals surface area contributed by atoms with Crippen molar-refractivity contribution >= 4 is 11.4 Å². The highest BCUT2D eigenvalue weighted by atomic mass is 16.5. The van der Waals surface area contributed by atoms with Gasteiger partial charge < -0.3 is 15.0 Å². The molecule has 1 aliphatic rings. The van der Waals surface area contributed by atoms with Gasteiger partial charge in [0.1, 0.15) is 17.7 Å². The Hall–Kier alpha value is -2.50. The number of benzene rings is 1. The number of ether oxygens (including phenoxy) is 1. The van der Waals surface area contributed by atoms with Gasteiger partial charge in [-0.3, -0.25) is 0 Å². The third-order valence-corrected chi connectivity index (χ3v) is 3.12. The van der Waals surface area contributed by atoms with E-state index in [1.807, 2.05) is 25.1 Å². The topological polar surface area (TPSA) is 72.1 Å². The van der Waals surface area contributed by atoms with Crippen LogP contribution in [0.3, 0.4) is 0 Å². The molecule has 1 heterocycles. The molecule has 0 saturated carbocycles. The lowest BCUT2D eigenvalue weighted by atomic mass is 10.1. The Morgan fingerprint density at radius 3 is 2.65 bits per heavy atom. The molecule has 1 aromatic carbocycles. The van der Waals surface area contributed by atoms with Crippen molar-refractivity contribution in [3.63, 3.8) is 0 Å². The first-order chi connectivity index (χ1) is 9.74. The molecule has 1 N–H and O–H groups in total. The Morgan fingerprint density at radius 2 is 2.00 bits per heavy atom. The molecule has 5 nitrogen and oxygen atoms in total. The minimum absolute atomic E-state index is 0.0550. The van der Waals surface area contributed by atoms with E-state index in [0.29, 0.717) is 13.2 Å². The van der Waals surface area contributed by atoms with Crippen LogP contribution < -0.4 is 10.2 Å². The summed E-state index contributed by atoms with van der Waals surface area (Å²) in [5.74, 6) is 0. The molecule has 0 spiro atoms. The summed E-state index contributed by atoms with van der Waals surface area (Å²) in [6.45, 7) is 5.11. The predicted octanol–water partition coefficient (Wildman–Crippen LogP) is 2.17. The molecule has 20 heavy (non-hydrogen) atoms. The van der Waals surface area contributed by atoms with E-state index in [1.165, 1.54) is 6.20 Å². The van der Waals surface area contributed by atoms with Crippen LogP contribution in [0.5, 0.6) is 0 Å². The van der Waals surface area contributed by atoms with Crippen molar-refractivity contribution < 1.29 is 4.74 Å². The monoisotopic (exact) mass is 268 g/mol. The fraction of sp³-hybridized carbons (Fsp3) is 0.333. The number of nitrogens with zero attached hydrogens (tertiary/aromatic N) is 3. The number of aryl methyl sites for hydroxylation is 1. The van der Waals surface area contributed by atoms with E-state index >= 15 is 0 Å². The molecule has 1 aromatic rings. The van der Waals surface area contributed by atoms with Crippen molar-refractivity contribution in [2.75, 3.05) is 36.5 Å². The third kappa shape index (κ3) is 3.28. The van der Waals surface area contributed by atoms with Gasteiger partial charge in [-0.2, -0.15) is 10.5 Å². The lowest BCUT2D eigenvalue weighted by Crippen LogP contribution is -2.36. The zero-order chi connectivity index (χ0) is 14.4. The van der Waals surface area contributed by atoms with Crippen LogP contribution in [0.15, 0.2) is 30.0 Å². The average Bonchev–Trinajstić information content (AvgIpc) is 2.49. The molecular weight excluding hydrogens is 252 g/mol. The van der Waals surface area contributed by atoms with Crippen LogP contribution in [-0.4, -0.2) is 26.3 Å². The van der Waals surface area contributed by atoms with E-state index in [4.69, 9.17) is 15.3 Å². The van der Waals surface area contributed by atoms with Crippen LogP contribution in [-0.2, 0) is 4.74 Å². The van der Waals surface area contributed by atoms with Gasteiger partial charge in [-0.05, 0) is 24.6 Å². The van der Waals surface area contributed by atoms with Gasteiger partial charge in [-0.1, -0.05) is 6.07 Å². The number of anilines is 2. The van der Waals surface area contributed by atoms with Crippen molar-refractivity contribution in [3.8, 4) is 12.1 Å². The molecule has 102 valence electrons. The molecule has 2 rings (SSSR count). The molecule has 0 atom stereocenters. The van der Waals surface area contributed by atoms with Crippen molar-refractivity contribution in [3.05, 3.63) is 35.5 Å². The van der Waals surface area contributed by atoms with Crippen molar-refractivity contribution in [1.29, 1.82) is 10.5 Å². The fourth-order valence-electron chi connectivity index (χ4n) is 2.08. The van der Waals surface area contributed by atoms with Crippen LogP contribution in [0.2, 0.25) is 0 Å². The highest BCUT2D eigenvalue weighted by Crippen LogP contribution is 2.28. The van der Waals surface area contributed by atoms with Gasteiger partial charge in [-0.25, -0.2) is 0 Å². The molecule has 0 aliphatic carbocycles. The Labute approximate surface area is 118 Å².